The van der Waals surface area contributed by atoms with Crippen LogP contribution in [-0.4, -0.2) is 69.1 Å². The van der Waals surface area contributed by atoms with Crippen LogP contribution in [0.1, 0.15) is 33.9 Å². The molecule has 0 bridgehead atoms. The topological polar surface area (TPSA) is 122 Å². The summed E-state index contributed by atoms with van der Waals surface area (Å²) in [4.78, 5) is 20.2. The number of rotatable bonds is 7. The number of nitrogens with one attached hydrogen (secondary N) is 2. The van der Waals surface area contributed by atoms with Crippen LogP contribution in [0, 0.1) is 11.8 Å². The van der Waals surface area contributed by atoms with Crippen molar-refractivity contribution in [3.8, 4) is 17.6 Å². The van der Waals surface area contributed by atoms with E-state index in [1.54, 1.807) is 0 Å². The van der Waals surface area contributed by atoms with Gasteiger partial charge in [-0.1, -0.05) is 36.1 Å². The van der Waals surface area contributed by atoms with Crippen molar-refractivity contribution in [1.82, 2.24) is 20.2 Å². The number of piperazine rings is 1. The number of hydrogen-bond donors (Lipinski definition) is 5. The Bertz CT molecular complexity index is 1230. The fourth-order valence-electron chi connectivity index (χ4n) is 4.20. The summed E-state index contributed by atoms with van der Waals surface area (Å²) in [7, 11) is 0. The Morgan fingerprint density at radius 3 is 2.40 bits per heavy atom. The summed E-state index contributed by atoms with van der Waals surface area (Å²) in [6.07, 6.45) is 1.49. The van der Waals surface area contributed by atoms with Gasteiger partial charge in [-0.25, -0.2) is 4.98 Å². The van der Waals surface area contributed by atoms with Crippen LogP contribution < -0.4 is 10.9 Å². The van der Waals surface area contributed by atoms with Gasteiger partial charge in [0.2, 0.25) is 5.75 Å². The molecule has 0 saturated carbocycles. The van der Waals surface area contributed by atoms with Gasteiger partial charge in [0, 0.05) is 55.7 Å². The first-order chi connectivity index (χ1) is 17.1. The lowest BCUT2D eigenvalue weighted by atomic mass is 9.94. The van der Waals surface area contributed by atoms with E-state index in [0.717, 1.165) is 42.9 Å². The number of nitrogens with zero attached hydrogens (tertiary/aromatic N) is 2. The number of benzene rings is 2. The zero-order valence-corrected chi connectivity index (χ0v) is 19.4. The molecule has 2 atom stereocenters. The van der Waals surface area contributed by atoms with Crippen LogP contribution in [0.25, 0.3) is 0 Å². The second-order valence-electron chi connectivity index (χ2n) is 8.69. The Hall–Kier alpha value is -3.48. The number of aliphatic hydroxyl groups is 2. The third-order valence-electron chi connectivity index (χ3n) is 6.32. The minimum absolute atomic E-state index is 0.141. The summed E-state index contributed by atoms with van der Waals surface area (Å²) in [5.41, 5.74) is 3.49. The van der Waals surface area contributed by atoms with Gasteiger partial charge < -0.3 is 25.6 Å². The predicted molar refractivity (Wildman–Crippen MR) is 133 cm³/mol. The second kappa shape index (κ2) is 11.8. The summed E-state index contributed by atoms with van der Waals surface area (Å²) >= 11 is 0. The van der Waals surface area contributed by atoms with Crippen LogP contribution in [0.2, 0.25) is 0 Å². The average molecular weight is 475 g/mol. The van der Waals surface area contributed by atoms with E-state index in [9.17, 15) is 20.1 Å². The first kappa shape index (κ1) is 24.6. The van der Waals surface area contributed by atoms with Crippen LogP contribution in [-0.2, 0) is 13.0 Å². The smallest absolute Gasteiger partial charge is 0.293 e. The predicted octanol–water partition coefficient (Wildman–Crippen LogP) is 0.960. The van der Waals surface area contributed by atoms with E-state index >= 15 is 0 Å². The number of hydrogen-bond acceptors (Lipinski definition) is 7. The van der Waals surface area contributed by atoms with Gasteiger partial charge in [0.1, 0.15) is 0 Å². The fraction of sp³-hybridized carbons (Fsp3) is 0.333. The molecule has 0 aliphatic carbocycles. The molecule has 182 valence electrons. The molecule has 0 unspecified atom stereocenters. The number of aromatic nitrogens is 2. The van der Waals surface area contributed by atoms with Crippen molar-refractivity contribution in [3.05, 3.63) is 93.2 Å². The highest BCUT2D eigenvalue weighted by Gasteiger charge is 2.21. The summed E-state index contributed by atoms with van der Waals surface area (Å²) in [5.74, 6) is 5.63. The van der Waals surface area contributed by atoms with Crippen molar-refractivity contribution < 1.29 is 15.3 Å². The van der Waals surface area contributed by atoms with Gasteiger partial charge in [-0.3, -0.25) is 9.69 Å². The molecule has 1 aliphatic heterocycles. The van der Waals surface area contributed by atoms with E-state index in [4.69, 9.17) is 0 Å². The van der Waals surface area contributed by atoms with E-state index in [-0.39, 0.29) is 37.3 Å². The van der Waals surface area contributed by atoms with Crippen LogP contribution in [0.3, 0.4) is 0 Å². The lowest BCUT2D eigenvalue weighted by molar-refractivity contribution is 0.0946. The van der Waals surface area contributed by atoms with Crippen molar-refractivity contribution in [3.63, 3.8) is 0 Å². The molecule has 1 fully saturated rings. The summed E-state index contributed by atoms with van der Waals surface area (Å²) in [6.45, 7) is 3.48. The largest absolute Gasteiger partial charge is 0.502 e. The van der Waals surface area contributed by atoms with Crippen LogP contribution >= 0.6 is 0 Å². The van der Waals surface area contributed by atoms with E-state index in [2.05, 4.69) is 44.2 Å². The maximum absolute atomic E-state index is 11.6. The average Bonchev–Trinajstić information content (AvgIpc) is 2.90. The molecule has 0 spiro atoms. The van der Waals surface area contributed by atoms with Gasteiger partial charge >= 0.3 is 0 Å². The summed E-state index contributed by atoms with van der Waals surface area (Å²) in [5, 5.41) is 32.6. The Kier molecular flexibility index (Phi) is 8.29. The third-order valence-corrected chi connectivity index (χ3v) is 6.32. The zero-order valence-electron chi connectivity index (χ0n) is 19.4. The summed E-state index contributed by atoms with van der Waals surface area (Å²) in [6, 6.07) is 15.9. The van der Waals surface area contributed by atoms with Gasteiger partial charge in [0.25, 0.3) is 5.56 Å². The maximum Gasteiger partial charge on any atom is 0.293 e. The number of H-pyrrole nitrogens is 1. The van der Waals surface area contributed by atoms with Gasteiger partial charge in [0.15, 0.2) is 0 Å². The third kappa shape index (κ3) is 6.35. The molecule has 4 rings (SSSR count). The Morgan fingerprint density at radius 2 is 1.74 bits per heavy atom. The molecule has 2 aromatic carbocycles. The lowest BCUT2D eigenvalue weighted by Crippen LogP contribution is -2.52. The maximum atomic E-state index is 11.6. The van der Waals surface area contributed by atoms with E-state index in [1.807, 2.05) is 36.4 Å². The Balaban J connectivity index is 1.39. The number of aliphatic hydroxyl groups excluding tert-OH is 2. The molecule has 0 amide bonds. The van der Waals surface area contributed by atoms with Gasteiger partial charge in [-0.05, 0) is 35.4 Å². The highest BCUT2D eigenvalue weighted by Crippen LogP contribution is 2.22. The van der Waals surface area contributed by atoms with E-state index in [1.165, 1.54) is 11.9 Å². The van der Waals surface area contributed by atoms with Gasteiger partial charge in [-0.15, -0.1) is 0 Å². The molecular formula is C27H30N4O4. The first-order valence-electron chi connectivity index (χ1n) is 11.7. The first-order valence-corrected chi connectivity index (χ1v) is 11.7. The van der Waals surface area contributed by atoms with Crippen LogP contribution in [0.5, 0.6) is 5.75 Å². The van der Waals surface area contributed by atoms with Crippen molar-refractivity contribution in [2.45, 2.75) is 24.9 Å². The molecule has 35 heavy (non-hydrogen) atoms. The van der Waals surface area contributed by atoms with E-state index < -0.39 is 11.3 Å². The highest BCUT2D eigenvalue weighted by atomic mass is 16.3. The lowest BCUT2D eigenvalue weighted by Gasteiger charge is -2.35. The normalized spacial score (nSPS) is 16.9. The molecule has 1 aliphatic rings. The molecule has 0 radical (unpaired) electrons. The van der Waals surface area contributed by atoms with Crippen molar-refractivity contribution in [2.24, 2.45) is 0 Å². The molecule has 2 heterocycles. The molecule has 8 nitrogen and oxygen atoms in total. The van der Waals surface area contributed by atoms with Crippen LogP contribution in [0.4, 0.5) is 0 Å². The molecular weight excluding hydrogens is 444 g/mol. The molecule has 1 saturated heterocycles. The number of aromatic hydroxyl groups is 1. The highest BCUT2D eigenvalue weighted by molar-refractivity contribution is 5.44. The van der Waals surface area contributed by atoms with Gasteiger partial charge in [0.05, 0.1) is 25.2 Å². The van der Waals surface area contributed by atoms with Crippen LogP contribution in [0.15, 0.2) is 59.7 Å². The van der Waals surface area contributed by atoms with Gasteiger partial charge in [-0.2, -0.15) is 0 Å². The number of aromatic amines is 1. The standard InChI is InChI=1S/C27H30N4O4/c32-16-23(13-25-26(34)27(35)30-18-29-25)22-9-7-20(8-10-22)2-1-19-3-5-21(6-4-19)15-31-12-11-28-14-24(31)17-33/h3-10,18,23-24,28,32-34H,11-17H2,(H,29,30,35)/t23-,24-/m1/s1. The van der Waals surface area contributed by atoms with Crippen molar-refractivity contribution >= 4 is 0 Å². The second-order valence-corrected chi connectivity index (χ2v) is 8.69. The zero-order chi connectivity index (χ0) is 24.6. The van der Waals surface area contributed by atoms with Crippen molar-refractivity contribution in [1.29, 1.82) is 0 Å². The molecule has 8 heteroatoms. The minimum atomic E-state index is -0.594. The molecule has 3 aromatic rings. The SMILES string of the molecule is O=c1[nH]cnc(C[C@H](CO)c2ccc(C#Cc3ccc(CN4CCNC[C@@H]4CO)cc3)cc2)c1O. The quantitative estimate of drug-likeness (QED) is 0.324. The molecule has 5 N–H and O–H groups in total. The Morgan fingerprint density at radius 1 is 1.06 bits per heavy atom. The summed E-state index contributed by atoms with van der Waals surface area (Å²) < 4.78 is 0. The Labute approximate surface area is 204 Å². The molecule has 1 aromatic heterocycles. The monoisotopic (exact) mass is 474 g/mol. The minimum Gasteiger partial charge on any atom is -0.502 e. The fourth-order valence-corrected chi connectivity index (χ4v) is 4.20. The van der Waals surface area contributed by atoms with E-state index in [0.29, 0.717) is 0 Å². The van der Waals surface area contributed by atoms with Crippen molar-refractivity contribution in [2.75, 3.05) is 32.8 Å².